The van der Waals surface area contributed by atoms with E-state index < -0.39 is 76.7 Å². The summed E-state index contributed by atoms with van der Waals surface area (Å²) in [6.07, 6.45) is -7.19. The van der Waals surface area contributed by atoms with Crippen LogP contribution in [0.4, 0.5) is 0 Å². The van der Waals surface area contributed by atoms with Crippen LogP contribution in [0.1, 0.15) is 37.0 Å². The molecule has 37 heavy (non-hydrogen) atoms. The second kappa shape index (κ2) is 6.57. The number of rotatable bonds is 6. The minimum Gasteiger partial charge on any atom is -0.504 e. The lowest BCUT2D eigenvalue weighted by atomic mass is 9.02. The van der Waals surface area contributed by atoms with E-state index in [9.17, 15) is 35.4 Å². The van der Waals surface area contributed by atoms with E-state index in [1.807, 2.05) is 13.8 Å². The van der Waals surface area contributed by atoms with Crippen LogP contribution in [0.3, 0.4) is 0 Å². The molecule has 0 amide bonds. The van der Waals surface area contributed by atoms with E-state index in [-0.39, 0.29) is 29.4 Å². The maximum absolute atomic E-state index is 12.5. The van der Waals surface area contributed by atoms with Crippen molar-refractivity contribution >= 4 is 5.97 Å². The van der Waals surface area contributed by atoms with Gasteiger partial charge in [-0.2, -0.15) is 0 Å². The molecule has 7 rings (SSSR count). The van der Waals surface area contributed by atoms with Gasteiger partial charge >= 0.3 is 5.97 Å². The van der Waals surface area contributed by atoms with Crippen molar-refractivity contribution in [2.45, 2.75) is 80.0 Å². The van der Waals surface area contributed by atoms with Crippen molar-refractivity contribution in [1.82, 2.24) is 0 Å². The number of benzene rings is 1. The van der Waals surface area contributed by atoms with Gasteiger partial charge in [0.15, 0.2) is 17.8 Å². The van der Waals surface area contributed by atoms with Crippen molar-refractivity contribution in [3.63, 3.8) is 0 Å². The number of aromatic hydroxyl groups is 1. The highest BCUT2D eigenvalue weighted by Crippen LogP contribution is 3.06. The number of phenolic OH excluding ortho intramolecular Hbond substituents is 1. The average molecular weight is 523 g/mol. The first kappa shape index (κ1) is 24.0. The summed E-state index contributed by atoms with van der Waals surface area (Å²) in [4.78, 5) is 12.5. The monoisotopic (exact) mass is 522 g/mol. The Morgan fingerprint density at radius 1 is 1.14 bits per heavy atom. The van der Waals surface area contributed by atoms with E-state index in [0.717, 1.165) is 0 Å². The highest BCUT2D eigenvalue weighted by Gasteiger charge is 3.19. The number of hydrogen-bond donors (Lipinski definition) is 6. The van der Waals surface area contributed by atoms with E-state index in [1.165, 1.54) is 25.3 Å². The highest BCUT2D eigenvalue weighted by atomic mass is 16.8. The molecule has 0 radical (unpaired) electrons. The largest absolute Gasteiger partial charge is 0.504 e. The molecule has 4 unspecified atom stereocenters. The Bertz CT molecular complexity index is 1220. The number of fused-ring (bicyclic) bond motifs is 2. The van der Waals surface area contributed by atoms with Crippen LogP contribution in [0, 0.1) is 16.7 Å². The number of ether oxygens (including phenoxy) is 5. The Morgan fingerprint density at radius 3 is 2.54 bits per heavy atom. The molecule has 12 atom stereocenters. The molecule has 1 spiro atoms. The first-order chi connectivity index (χ1) is 17.3. The summed E-state index contributed by atoms with van der Waals surface area (Å²) in [7, 11) is 1.33. The number of aliphatic hydroxyl groups excluding tert-OH is 3. The van der Waals surface area contributed by atoms with E-state index in [2.05, 4.69) is 0 Å². The summed E-state index contributed by atoms with van der Waals surface area (Å²) in [5.41, 5.74) is -4.56. The molecule has 4 saturated carbocycles. The summed E-state index contributed by atoms with van der Waals surface area (Å²) in [6.45, 7) is 3.27. The Hall–Kier alpha value is -2.03. The van der Waals surface area contributed by atoms with E-state index in [1.54, 1.807) is 0 Å². The van der Waals surface area contributed by atoms with Crippen LogP contribution in [0.5, 0.6) is 11.5 Å². The molecule has 2 aliphatic heterocycles. The normalized spacial score (nSPS) is 55.7. The zero-order chi connectivity index (χ0) is 26.6. The van der Waals surface area contributed by atoms with Gasteiger partial charge in [-0.25, -0.2) is 4.79 Å². The average Bonchev–Trinajstić information content (AvgIpc) is 2.85. The second-order valence-electron chi connectivity index (χ2n) is 11.7. The van der Waals surface area contributed by atoms with Crippen molar-refractivity contribution in [3.05, 3.63) is 23.8 Å². The summed E-state index contributed by atoms with van der Waals surface area (Å²) < 4.78 is 28.3. The van der Waals surface area contributed by atoms with Gasteiger partial charge in [0, 0.05) is 17.8 Å². The smallest absolute Gasteiger partial charge is 0.338 e. The molecule has 0 aromatic heterocycles. The Kier molecular flexibility index (Phi) is 4.27. The molecule has 202 valence electrons. The number of carbonyl (C=O) groups excluding carboxylic acids is 1. The van der Waals surface area contributed by atoms with Crippen molar-refractivity contribution < 1.29 is 59.1 Å². The van der Waals surface area contributed by atoms with Crippen molar-refractivity contribution in [2.75, 3.05) is 13.7 Å². The number of phenols is 1. The predicted molar refractivity (Wildman–Crippen MR) is 118 cm³/mol. The molecule has 0 bridgehead atoms. The standard InChI is InChI=1S/C25H30O12/c1-20-9-22(31)14-7-23(32)21(14,2)24(20,22)25(23,37-20)36-19-17(29)16(28)15(27)13(35-19)8-34-18(30)10-4-5-11(26)12(6-10)33-3/h4-6,13-17,19,26-29,31-32H,7-9H2,1-3H3/t13-,14?,15-,16+,17-,19+,20+,21?,22-,23+,24?,25?/m1/s1. The molecule has 12 heteroatoms. The van der Waals surface area contributed by atoms with E-state index in [0.29, 0.717) is 6.42 Å². The number of aliphatic hydroxyl groups is 5. The van der Waals surface area contributed by atoms with Gasteiger partial charge in [0.1, 0.15) is 36.6 Å². The Balaban J connectivity index is 1.09. The molecule has 1 aromatic carbocycles. The summed E-state index contributed by atoms with van der Waals surface area (Å²) in [6, 6.07) is 3.87. The minimum absolute atomic E-state index is 0.0668. The second-order valence-corrected chi connectivity index (χ2v) is 11.7. The maximum atomic E-state index is 12.5. The zero-order valence-corrected chi connectivity index (χ0v) is 20.5. The fraction of sp³-hybridized carbons (Fsp3) is 0.720. The number of carbonyl (C=O) groups is 1. The third kappa shape index (κ3) is 2.06. The van der Waals surface area contributed by atoms with Gasteiger partial charge in [0.05, 0.1) is 29.3 Å². The summed E-state index contributed by atoms with van der Waals surface area (Å²) in [5, 5.41) is 64.3. The van der Waals surface area contributed by atoms with Gasteiger partial charge in [0.25, 0.3) is 0 Å². The van der Waals surface area contributed by atoms with Gasteiger partial charge in [-0.1, -0.05) is 6.92 Å². The molecular formula is C25H30O12. The molecule has 1 aromatic rings. The van der Waals surface area contributed by atoms with Gasteiger partial charge in [-0.05, 0) is 31.5 Å². The first-order valence-electron chi connectivity index (χ1n) is 12.4. The number of hydrogen-bond acceptors (Lipinski definition) is 12. The van der Waals surface area contributed by atoms with Crippen LogP contribution < -0.4 is 4.74 Å². The third-order valence-electron chi connectivity index (χ3n) is 10.6. The zero-order valence-electron chi connectivity index (χ0n) is 20.5. The summed E-state index contributed by atoms with van der Waals surface area (Å²) in [5.74, 6) is -2.61. The lowest BCUT2D eigenvalue weighted by molar-refractivity contribution is -0.771. The van der Waals surface area contributed by atoms with E-state index >= 15 is 0 Å². The van der Waals surface area contributed by atoms with Crippen LogP contribution in [0.15, 0.2) is 18.2 Å². The minimum atomic E-state index is -1.71. The lowest BCUT2D eigenvalue weighted by Gasteiger charge is -3.08. The SMILES string of the molecule is COc1cc(C(=O)OC[C@H]2O[C@@H](OC34O[C@@]5(C)C[C@@]6(O)C7C[C@]3(O)C7(C)C465)[C@H](O)[C@@H](O)[C@@H]2O)ccc1O. The fourth-order valence-electron chi connectivity index (χ4n) is 9.34. The van der Waals surface area contributed by atoms with Crippen LogP contribution in [-0.4, -0.2) is 104 Å². The molecule has 2 heterocycles. The number of methoxy groups -OCH3 is 1. The molecule has 2 saturated heterocycles. The third-order valence-corrected chi connectivity index (χ3v) is 10.6. The van der Waals surface area contributed by atoms with Gasteiger partial charge < -0.3 is 54.3 Å². The first-order valence-corrected chi connectivity index (χ1v) is 12.4. The number of esters is 1. The molecular weight excluding hydrogens is 492 g/mol. The molecule has 6 aliphatic rings. The van der Waals surface area contributed by atoms with Crippen molar-refractivity contribution in [1.29, 1.82) is 0 Å². The Labute approximate surface area is 211 Å². The van der Waals surface area contributed by atoms with Crippen LogP contribution in [-0.2, 0) is 18.9 Å². The van der Waals surface area contributed by atoms with Crippen molar-refractivity contribution in [2.24, 2.45) is 16.7 Å². The highest BCUT2D eigenvalue weighted by molar-refractivity contribution is 5.90. The molecule has 6 fully saturated rings. The maximum Gasteiger partial charge on any atom is 0.338 e. The molecule has 6 N–H and O–H groups in total. The Morgan fingerprint density at radius 2 is 1.86 bits per heavy atom. The topological polar surface area (TPSA) is 185 Å². The van der Waals surface area contributed by atoms with E-state index in [4.69, 9.17) is 23.7 Å². The van der Waals surface area contributed by atoms with Gasteiger partial charge in [0.2, 0.25) is 5.79 Å². The fourth-order valence-corrected chi connectivity index (χ4v) is 9.34. The quantitative estimate of drug-likeness (QED) is 0.245. The van der Waals surface area contributed by atoms with Gasteiger partial charge in [-0.15, -0.1) is 0 Å². The van der Waals surface area contributed by atoms with Crippen LogP contribution >= 0.6 is 0 Å². The van der Waals surface area contributed by atoms with Crippen LogP contribution in [0.2, 0.25) is 0 Å². The van der Waals surface area contributed by atoms with Crippen molar-refractivity contribution in [3.8, 4) is 11.5 Å². The predicted octanol–water partition coefficient (Wildman–Crippen LogP) is -1.23. The molecule has 12 nitrogen and oxygen atoms in total. The molecule has 4 aliphatic carbocycles. The van der Waals surface area contributed by atoms with Gasteiger partial charge in [-0.3, -0.25) is 0 Å². The lowest BCUT2D eigenvalue weighted by Crippen LogP contribution is -3.21. The van der Waals surface area contributed by atoms with Crippen LogP contribution in [0.25, 0.3) is 0 Å². The summed E-state index contributed by atoms with van der Waals surface area (Å²) >= 11 is 0.